The molecule has 1 N–H and O–H groups in total. The molecule has 4 rings (SSSR count). The smallest absolute Gasteiger partial charge is 0.255 e. The van der Waals surface area contributed by atoms with E-state index in [0.717, 1.165) is 60.2 Å². The second kappa shape index (κ2) is 7.31. The minimum Gasteiger partial charge on any atom is -0.348 e. The fourth-order valence-corrected chi connectivity index (χ4v) is 4.39. The molecule has 0 saturated carbocycles. The van der Waals surface area contributed by atoms with Crippen LogP contribution in [0.5, 0.6) is 0 Å². The molecule has 1 aliphatic heterocycles. The first-order valence-corrected chi connectivity index (χ1v) is 9.98. The maximum atomic E-state index is 13.3. The molecular formula is C22H28N4O. The molecule has 3 aromatic rings. The highest BCUT2D eigenvalue weighted by Gasteiger charge is 2.34. The topological polar surface area (TPSA) is 53.9 Å². The zero-order valence-corrected chi connectivity index (χ0v) is 16.4. The van der Waals surface area contributed by atoms with Crippen LogP contribution in [0, 0.1) is 5.92 Å². The van der Waals surface area contributed by atoms with Crippen molar-refractivity contribution in [3.8, 4) is 0 Å². The number of imidazole rings is 1. The summed E-state index contributed by atoms with van der Waals surface area (Å²) in [6.07, 6.45) is 5.04. The predicted molar refractivity (Wildman–Crippen MR) is 109 cm³/mol. The van der Waals surface area contributed by atoms with Crippen molar-refractivity contribution in [3.63, 3.8) is 0 Å². The van der Waals surface area contributed by atoms with Gasteiger partial charge in [0.15, 0.2) is 0 Å². The molecule has 0 fully saturated rings. The van der Waals surface area contributed by atoms with Gasteiger partial charge in [0.05, 0.1) is 23.6 Å². The van der Waals surface area contributed by atoms with Crippen molar-refractivity contribution in [2.24, 2.45) is 13.0 Å². The Morgan fingerprint density at radius 3 is 2.81 bits per heavy atom. The zero-order valence-electron chi connectivity index (χ0n) is 16.4. The zero-order chi connectivity index (χ0) is 19.0. The maximum Gasteiger partial charge on any atom is 0.255 e. The number of benzene rings is 1. The third kappa shape index (κ3) is 3.10. The van der Waals surface area contributed by atoms with Gasteiger partial charge in [0.25, 0.3) is 5.56 Å². The standard InChI is InChI=1S/C22H28N4O/c1-4-15(5-2)13-26-11-10-18-20(24-14-23-18)21(26)17-12-16-8-6-7-9-19(16)25(3)22(17)27/h6-9,12,14-15,21H,4-5,10-11,13H2,1-3H3,(H,23,24)/t21-/m0/s1. The van der Waals surface area contributed by atoms with Crippen LogP contribution in [0.2, 0.25) is 0 Å². The first kappa shape index (κ1) is 18.0. The number of para-hydroxylation sites is 1. The summed E-state index contributed by atoms with van der Waals surface area (Å²) in [7, 11) is 1.87. The van der Waals surface area contributed by atoms with Crippen LogP contribution >= 0.6 is 0 Å². The molecule has 1 aliphatic rings. The number of hydrogen-bond acceptors (Lipinski definition) is 3. The largest absolute Gasteiger partial charge is 0.348 e. The molecule has 142 valence electrons. The van der Waals surface area contributed by atoms with Crippen LogP contribution in [0.4, 0.5) is 0 Å². The monoisotopic (exact) mass is 364 g/mol. The van der Waals surface area contributed by atoms with Crippen molar-refractivity contribution in [2.75, 3.05) is 13.1 Å². The molecule has 0 radical (unpaired) electrons. The van der Waals surface area contributed by atoms with Gasteiger partial charge >= 0.3 is 0 Å². The highest BCUT2D eigenvalue weighted by atomic mass is 16.1. The van der Waals surface area contributed by atoms with E-state index in [1.165, 1.54) is 0 Å². The van der Waals surface area contributed by atoms with Gasteiger partial charge in [-0.1, -0.05) is 44.9 Å². The number of aromatic amines is 1. The van der Waals surface area contributed by atoms with Gasteiger partial charge in [-0.05, 0) is 23.4 Å². The van der Waals surface area contributed by atoms with E-state index >= 15 is 0 Å². The molecule has 5 heteroatoms. The first-order chi connectivity index (χ1) is 13.1. The number of rotatable bonds is 5. The van der Waals surface area contributed by atoms with Gasteiger partial charge in [-0.25, -0.2) is 4.98 Å². The molecule has 0 spiro atoms. The van der Waals surface area contributed by atoms with Crippen LogP contribution in [-0.4, -0.2) is 32.5 Å². The number of hydrogen-bond donors (Lipinski definition) is 1. The molecule has 0 bridgehead atoms. The summed E-state index contributed by atoms with van der Waals surface area (Å²) >= 11 is 0. The summed E-state index contributed by atoms with van der Waals surface area (Å²) in [5.41, 5.74) is 4.05. The van der Waals surface area contributed by atoms with Crippen LogP contribution in [0.3, 0.4) is 0 Å². The highest BCUT2D eigenvalue weighted by Crippen LogP contribution is 2.34. The van der Waals surface area contributed by atoms with Gasteiger partial charge in [-0.15, -0.1) is 0 Å². The van der Waals surface area contributed by atoms with Crippen molar-refractivity contribution < 1.29 is 0 Å². The molecule has 1 atom stereocenters. The van der Waals surface area contributed by atoms with Crippen molar-refractivity contribution in [3.05, 3.63) is 64.0 Å². The van der Waals surface area contributed by atoms with Gasteiger partial charge in [-0.3, -0.25) is 9.69 Å². The molecule has 0 amide bonds. The van der Waals surface area contributed by atoms with Crippen LogP contribution in [0.25, 0.3) is 10.9 Å². The van der Waals surface area contributed by atoms with Gasteiger partial charge in [0.2, 0.25) is 0 Å². The second-order valence-electron chi connectivity index (χ2n) is 7.62. The van der Waals surface area contributed by atoms with E-state index in [1.807, 2.05) is 25.2 Å². The van der Waals surface area contributed by atoms with E-state index in [2.05, 4.69) is 40.8 Å². The van der Waals surface area contributed by atoms with E-state index in [-0.39, 0.29) is 11.6 Å². The molecule has 0 aliphatic carbocycles. The van der Waals surface area contributed by atoms with Gasteiger partial charge in [0, 0.05) is 37.8 Å². The van der Waals surface area contributed by atoms with E-state index in [1.54, 1.807) is 10.9 Å². The lowest BCUT2D eigenvalue weighted by atomic mass is 9.93. The fraction of sp³-hybridized carbons (Fsp3) is 0.455. The van der Waals surface area contributed by atoms with E-state index in [0.29, 0.717) is 5.92 Å². The molecule has 5 nitrogen and oxygen atoms in total. The van der Waals surface area contributed by atoms with Gasteiger partial charge < -0.3 is 9.55 Å². The van der Waals surface area contributed by atoms with Crippen LogP contribution in [0.1, 0.15) is 49.7 Å². The maximum absolute atomic E-state index is 13.3. The normalized spacial score (nSPS) is 17.6. The summed E-state index contributed by atoms with van der Waals surface area (Å²) in [6.45, 7) is 6.45. The Morgan fingerprint density at radius 2 is 2.04 bits per heavy atom. The van der Waals surface area contributed by atoms with Crippen LogP contribution < -0.4 is 5.56 Å². The third-order valence-electron chi connectivity index (χ3n) is 6.13. The molecule has 1 aromatic carbocycles. The number of pyridine rings is 1. The average molecular weight is 364 g/mol. The SMILES string of the molecule is CCC(CC)CN1CCc2[nH]cnc2[C@@H]1c1cc2ccccc2n(C)c1=O. The van der Waals surface area contributed by atoms with Crippen molar-refractivity contribution in [2.45, 2.75) is 39.2 Å². The number of aromatic nitrogens is 3. The Bertz CT molecular complexity index is 999. The fourth-order valence-electron chi connectivity index (χ4n) is 4.39. The number of aryl methyl sites for hydroxylation is 1. The number of H-pyrrole nitrogens is 1. The van der Waals surface area contributed by atoms with Crippen molar-refractivity contribution in [1.29, 1.82) is 0 Å². The number of nitrogens with zero attached hydrogens (tertiary/aromatic N) is 3. The molecule has 3 heterocycles. The number of fused-ring (bicyclic) bond motifs is 2. The summed E-state index contributed by atoms with van der Waals surface area (Å²) in [5.74, 6) is 0.636. The molecule has 2 aromatic heterocycles. The average Bonchev–Trinajstić information content (AvgIpc) is 3.17. The quantitative estimate of drug-likeness (QED) is 0.752. The lowest BCUT2D eigenvalue weighted by molar-refractivity contribution is 0.171. The second-order valence-corrected chi connectivity index (χ2v) is 7.62. The highest BCUT2D eigenvalue weighted by molar-refractivity contribution is 5.79. The van der Waals surface area contributed by atoms with E-state index < -0.39 is 0 Å². The number of nitrogens with one attached hydrogen (secondary N) is 1. The Kier molecular flexibility index (Phi) is 4.87. The van der Waals surface area contributed by atoms with Crippen LogP contribution in [-0.2, 0) is 13.5 Å². The molecule has 0 saturated heterocycles. The minimum atomic E-state index is -0.0797. The van der Waals surface area contributed by atoms with Crippen LogP contribution in [0.15, 0.2) is 41.5 Å². The Balaban J connectivity index is 1.87. The van der Waals surface area contributed by atoms with E-state index in [4.69, 9.17) is 0 Å². The summed E-state index contributed by atoms with van der Waals surface area (Å²) in [5, 5.41) is 1.10. The van der Waals surface area contributed by atoms with Crippen molar-refractivity contribution in [1.82, 2.24) is 19.4 Å². The predicted octanol–water partition coefficient (Wildman–Crippen LogP) is 3.65. The summed E-state index contributed by atoms with van der Waals surface area (Å²) in [6, 6.07) is 10.1. The lowest BCUT2D eigenvalue weighted by Crippen LogP contribution is -2.42. The summed E-state index contributed by atoms with van der Waals surface area (Å²) in [4.78, 5) is 23.7. The third-order valence-corrected chi connectivity index (χ3v) is 6.13. The molecular weight excluding hydrogens is 336 g/mol. The van der Waals surface area contributed by atoms with E-state index in [9.17, 15) is 4.79 Å². The molecule has 27 heavy (non-hydrogen) atoms. The minimum absolute atomic E-state index is 0.0732. The molecule has 0 unspecified atom stereocenters. The Hall–Kier alpha value is -2.40. The van der Waals surface area contributed by atoms with Gasteiger partial charge in [-0.2, -0.15) is 0 Å². The first-order valence-electron chi connectivity index (χ1n) is 9.98. The van der Waals surface area contributed by atoms with Crippen molar-refractivity contribution >= 4 is 10.9 Å². The lowest BCUT2D eigenvalue weighted by Gasteiger charge is -2.37. The Labute approximate surface area is 160 Å². The summed E-state index contributed by atoms with van der Waals surface area (Å²) < 4.78 is 1.78. The van der Waals surface area contributed by atoms with Gasteiger partial charge in [0.1, 0.15) is 0 Å². The Morgan fingerprint density at radius 1 is 1.26 bits per heavy atom.